The standard InChI is InChI=1S/C19H18N2O4/c20-11-4-12-21-18(22)13-25-19(23)14-24-17-9-7-16(8-10-17)15-5-2-1-3-6-15/h1-3,5-10H,4,12-14H2,(H,21,22). The molecule has 0 fully saturated rings. The van der Waals surface area contributed by atoms with Crippen molar-refractivity contribution in [1.82, 2.24) is 5.32 Å². The fourth-order valence-corrected chi connectivity index (χ4v) is 2.01. The molecule has 0 saturated heterocycles. The number of esters is 1. The third kappa shape index (κ3) is 6.36. The van der Waals surface area contributed by atoms with Crippen LogP contribution in [0.25, 0.3) is 11.1 Å². The minimum absolute atomic E-state index is 0.210. The van der Waals surface area contributed by atoms with E-state index in [1.165, 1.54) is 0 Å². The first-order chi connectivity index (χ1) is 12.2. The van der Waals surface area contributed by atoms with E-state index in [1.807, 2.05) is 48.5 Å². The van der Waals surface area contributed by atoms with Gasteiger partial charge in [-0.25, -0.2) is 4.79 Å². The van der Waals surface area contributed by atoms with Gasteiger partial charge in [0, 0.05) is 6.54 Å². The highest BCUT2D eigenvalue weighted by atomic mass is 16.6. The number of carbonyl (C=O) groups is 2. The molecule has 1 N–H and O–H groups in total. The summed E-state index contributed by atoms with van der Waals surface area (Å²) in [6.45, 7) is -0.437. The van der Waals surface area contributed by atoms with Crippen molar-refractivity contribution in [1.29, 1.82) is 5.26 Å². The summed E-state index contributed by atoms with van der Waals surface area (Å²) in [5.74, 6) is -0.548. The number of benzene rings is 2. The first kappa shape index (κ1) is 18.0. The quantitative estimate of drug-likeness (QED) is 0.589. The Balaban J connectivity index is 1.73. The van der Waals surface area contributed by atoms with Gasteiger partial charge in [0.05, 0.1) is 12.5 Å². The van der Waals surface area contributed by atoms with Gasteiger partial charge in [-0.1, -0.05) is 42.5 Å². The van der Waals surface area contributed by atoms with Crippen LogP contribution in [0.4, 0.5) is 0 Å². The normalized spacial score (nSPS) is 9.72. The summed E-state index contributed by atoms with van der Waals surface area (Å²) in [6, 6.07) is 19.1. The summed E-state index contributed by atoms with van der Waals surface area (Å²) in [5, 5.41) is 10.8. The van der Waals surface area contributed by atoms with E-state index in [1.54, 1.807) is 12.1 Å². The molecule has 128 valence electrons. The third-order valence-corrected chi connectivity index (χ3v) is 3.24. The topological polar surface area (TPSA) is 88.4 Å². The molecule has 2 aromatic rings. The minimum Gasteiger partial charge on any atom is -0.482 e. The van der Waals surface area contributed by atoms with Gasteiger partial charge in [0.2, 0.25) is 0 Å². The van der Waals surface area contributed by atoms with Crippen molar-refractivity contribution in [3.63, 3.8) is 0 Å². The zero-order chi connectivity index (χ0) is 17.9. The van der Waals surface area contributed by atoms with Crippen LogP contribution in [0.15, 0.2) is 54.6 Å². The van der Waals surface area contributed by atoms with E-state index in [2.05, 4.69) is 5.32 Å². The van der Waals surface area contributed by atoms with E-state index >= 15 is 0 Å². The van der Waals surface area contributed by atoms with Gasteiger partial charge in [-0.05, 0) is 23.3 Å². The Labute approximate surface area is 146 Å². The van der Waals surface area contributed by atoms with Gasteiger partial charge in [0.25, 0.3) is 5.91 Å². The van der Waals surface area contributed by atoms with Crippen LogP contribution in [0, 0.1) is 11.3 Å². The highest BCUT2D eigenvalue weighted by molar-refractivity contribution is 5.80. The molecular formula is C19H18N2O4. The number of hydrogen-bond donors (Lipinski definition) is 1. The fourth-order valence-electron chi connectivity index (χ4n) is 2.01. The van der Waals surface area contributed by atoms with Crippen molar-refractivity contribution >= 4 is 11.9 Å². The van der Waals surface area contributed by atoms with Crippen LogP contribution in [0.5, 0.6) is 5.75 Å². The summed E-state index contributed by atoms with van der Waals surface area (Å²) >= 11 is 0. The number of hydrogen-bond acceptors (Lipinski definition) is 5. The van der Waals surface area contributed by atoms with Crippen LogP contribution in [0.3, 0.4) is 0 Å². The van der Waals surface area contributed by atoms with Crippen LogP contribution in [-0.2, 0) is 14.3 Å². The maximum atomic E-state index is 11.6. The molecule has 25 heavy (non-hydrogen) atoms. The molecule has 1 amide bonds. The monoisotopic (exact) mass is 338 g/mol. The molecule has 2 aromatic carbocycles. The van der Waals surface area contributed by atoms with Crippen molar-refractivity contribution in [3.8, 4) is 22.9 Å². The lowest BCUT2D eigenvalue weighted by Crippen LogP contribution is -2.30. The van der Waals surface area contributed by atoms with Gasteiger partial charge >= 0.3 is 5.97 Å². The molecule has 0 aliphatic heterocycles. The Hall–Kier alpha value is -3.33. The predicted octanol–water partition coefficient (Wildman–Crippen LogP) is 2.31. The molecule has 6 heteroatoms. The predicted molar refractivity (Wildman–Crippen MR) is 91.6 cm³/mol. The highest BCUT2D eigenvalue weighted by Gasteiger charge is 2.08. The van der Waals surface area contributed by atoms with Crippen molar-refractivity contribution in [2.24, 2.45) is 0 Å². The van der Waals surface area contributed by atoms with E-state index in [0.717, 1.165) is 11.1 Å². The summed E-state index contributed by atoms with van der Waals surface area (Å²) in [6.07, 6.45) is 0.210. The maximum Gasteiger partial charge on any atom is 0.344 e. The van der Waals surface area contributed by atoms with Gasteiger partial charge < -0.3 is 14.8 Å². The number of nitrogens with zero attached hydrogens (tertiary/aromatic N) is 1. The third-order valence-electron chi connectivity index (χ3n) is 3.24. The first-order valence-corrected chi connectivity index (χ1v) is 7.76. The second kappa shape index (κ2) is 9.73. The van der Waals surface area contributed by atoms with Gasteiger partial charge in [-0.2, -0.15) is 5.26 Å². The molecule has 6 nitrogen and oxygen atoms in total. The Morgan fingerprint density at radius 1 is 0.960 bits per heavy atom. The first-order valence-electron chi connectivity index (χ1n) is 7.76. The molecule has 0 unspecified atom stereocenters. The number of nitrogens with one attached hydrogen (secondary N) is 1. The second-order valence-corrected chi connectivity index (χ2v) is 5.10. The second-order valence-electron chi connectivity index (χ2n) is 5.10. The van der Waals surface area contributed by atoms with E-state index in [4.69, 9.17) is 14.7 Å². The fraction of sp³-hybridized carbons (Fsp3) is 0.211. The van der Waals surface area contributed by atoms with E-state index < -0.39 is 11.9 Å². The van der Waals surface area contributed by atoms with Crippen LogP contribution in [0.1, 0.15) is 6.42 Å². The number of carbonyl (C=O) groups excluding carboxylic acids is 2. The lowest BCUT2D eigenvalue weighted by atomic mass is 10.1. The van der Waals surface area contributed by atoms with Gasteiger partial charge in [0.1, 0.15) is 5.75 Å². The lowest BCUT2D eigenvalue weighted by Gasteiger charge is -2.08. The molecule has 0 aliphatic rings. The SMILES string of the molecule is N#CCCNC(=O)COC(=O)COc1ccc(-c2ccccc2)cc1. The summed E-state index contributed by atoms with van der Waals surface area (Å²) in [5.41, 5.74) is 2.14. The average Bonchev–Trinajstić information content (AvgIpc) is 2.66. The molecule has 0 saturated carbocycles. The van der Waals surface area contributed by atoms with Crippen LogP contribution in [-0.4, -0.2) is 31.6 Å². The van der Waals surface area contributed by atoms with Crippen LogP contribution >= 0.6 is 0 Å². The number of ether oxygens (including phenoxy) is 2. The molecule has 2 rings (SSSR count). The minimum atomic E-state index is -0.637. The smallest absolute Gasteiger partial charge is 0.344 e. The largest absolute Gasteiger partial charge is 0.482 e. The average molecular weight is 338 g/mol. The lowest BCUT2D eigenvalue weighted by molar-refractivity contribution is -0.150. The summed E-state index contributed by atoms with van der Waals surface area (Å²) in [4.78, 5) is 22.9. The summed E-state index contributed by atoms with van der Waals surface area (Å²) in [7, 11) is 0. The van der Waals surface area contributed by atoms with Crippen LogP contribution < -0.4 is 10.1 Å². The van der Waals surface area contributed by atoms with Crippen molar-refractivity contribution in [2.45, 2.75) is 6.42 Å². The molecule has 0 aromatic heterocycles. The Morgan fingerprint density at radius 2 is 1.64 bits per heavy atom. The van der Waals surface area contributed by atoms with Crippen molar-refractivity contribution < 1.29 is 19.1 Å². The van der Waals surface area contributed by atoms with E-state index in [-0.39, 0.29) is 26.2 Å². The molecule has 0 bridgehead atoms. The Kier molecular flexibility index (Phi) is 7.01. The Morgan fingerprint density at radius 3 is 2.32 bits per heavy atom. The number of amides is 1. The van der Waals surface area contributed by atoms with Gasteiger partial charge in [-0.15, -0.1) is 0 Å². The number of nitriles is 1. The zero-order valence-electron chi connectivity index (χ0n) is 13.6. The van der Waals surface area contributed by atoms with Crippen LogP contribution in [0.2, 0.25) is 0 Å². The van der Waals surface area contributed by atoms with Gasteiger partial charge in [0.15, 0.2) is 13.2 Å². The van der Waals surface area contributed by atoms with Crippen molar-refractivity contribution in [2.75, 3.05) is 19.8 Å². The number of rotatable bonds is 8. The molecule has 0 spiro atoms. The van der Waals surface area contributed by atoms with E-state index in [0.29, 0.717) is 5.75 Å². The molecule has 0 atom stereocenters. The maximum absolute atomic E-state index is 11.6. The Bertz CT molecular complexity index is 736. The summed E-state index contributed by atoms with van der Waals surface area (Å²) < 4.78 is 10.1. The molecule has 0 radical (unpaired) electrons. The molecule has 0 heterocycles. The zero-order valence-corrected chi connectivity index (χ0v) is 13.6. The molecular weight excluding hydrogens is 320 g/mol. The van der Waals surface area contributed by atoms with Crippen molar-refractivity contribution in [3.05, 3.63) is 54.6 Å². The highest BCUT2D eigenvalue weighted by Crippen LogP contribution is 2.21. The van der Waals surface area contributed by atoms with Gasteiger partial charge in [-0.3, -0.25) is 4.79 Å². The molecule has 0 aliphatic carbocycles. The van der Waals surface area contributed by atoms with E-state index in [9.17, 15) is 9.59 Å².